The Balaban J connectivity index is 1.42. The van der Waals surface area contributed by atoms with Crippen LogP contribution in [0.3, 0.4) is 0 Å². The molecule has 0 aliphatic carbocycles. The smallest absolute Gasteiger partial charge is 0.231 e. The van der Waals surface area contributed by atoms with E-state index in [4.69, 9.17) is 9.97 Å². The molecule has 0 N–H and O–H groups in total. The second-order valence-corrected chi connectivity index (χ2v) is 8.41. The topological polar surface area (TPSA) is 46.1 Å². The predicted octanol–water partition coefficient (Wildman–Crippen LogP) is 4.53. The van der Waals surface area contributed by atoms with Crippen molar-refractivity contribution >= 4 is 44.5 Å². The van der Waals surface area contributed by atoms with Gasteiger partial charge in [-0.1, -0.05) is 18.2 Å². The Kier molecular flexibility index (Phi) is 3.62. The van der Waals surface area contributed by atoms with Crippen LogP contribution in [0.2, 0.25) is 0 Å². The van der Waals surface area contributed by atoms with Crippen molar-refractivity contribution in [3.63, 3.8) is 0 Å². The van der Waals surface area contributed by atoms with E-state index in [2.05, 4.69) is 17.5 Å². The summed E-state index contributed by atoms with van der Waals surface area (Å²) in [6.07, 6.45) is 1.23. The van der Waals surface area contributed by atoms with Gasteiger partial charge in [-0.3, -0.25) is 4.79 Å². The van der Waals surface area contributed by atoms with Crippen molar-refractivity contribution in [3.8, 4) is 11.3 Å². The predicted molar refractivity (Wildman–Crippen MR) is 107 cm³/mol. The first-order valence-corrected chi connectivity index (χ1v) is 10.1. The molecule has 5 rings (SSSR count). The fourth-order valence-electron chi connectivity index (χ4n) is 3.28. The Morgan fingerprint density at radius 3 is 2.88 bits per heavy atom. The number of thiazole rings is 2. The van der Waals surface area contributed by atoms with Gasteiger partial charge in [0.15, 0.2) is 0 Å². The van der Waals surface area contributed by atoms with Crippen LogP contribution in [0.1, 0.15) is 15.6 Å². The molecule has 1 aliphatic rings. The van der Waals surface area contributed by atoms with Crippen molar-refractivity contribution in [2.24, 2.45) is 0 Å². The van der Waals surface area contributed by atoms with Gasteiger partial charge in [-0.25, -0.2) is 9.97 Å². The zero-order valence-corrected chi connectivity index (χ0v) is 15.7. The molecule has 1 aliphatic heterocycles. The summed E-state index contributed by atoms with van der Waals surface area (Å²) in [5.74, 6) is 0.145. The van der Waals surface area contributed by atoms with E-state index >= 15 is 0 Å². The molecule has 1 amide bonds. The number of carbonyl (C=O) groups excluding carboxylic acids is 1. The fraction of sp³-hybridized carbons (Fsp3) is 0.150. The van der Waals surface area contributed by atoms with Crippen molar-refractivity contribution in [2.45, 2.75) is 12.8 Å². The SMILES string of the molecule is CN1C(=O)Cc2cc(-c3csc(Cc4nc5ccccc5s4)n3)ccc21. The molecule has 0 saturated carbocycles. The first kappa shape index (κ1) is 15.7. The van der Waals surface area contributed by atoms with Crippen LogP contribution in [0.5, 0.6) is 0 Å². The summed E-state index contributed by atoms with van der Waals surface area (Å²) in [6.45, 7) is 0. The molecule has 0 radical (unpaired) electrons. The van der Waals surface area contributed by atoms with Crippen LogP contribution in [0.4, 0.5) is 5.69 Å². The maximum atomic E-state index is 11.9. The van der Waals surface area contributed by atoms with Crippen molar-refractivity contribution in [1.29, 1.82) is 0 Å². The first-order chi connectivity index (χ1) is 12.7. The molecule has 128 valence electrons. The van der Waals surface area contributed by atoms with E-state index in [9.17, 15) is 4.79 Å². The lowest BCUT2D eigenvalue weighted by Crippen LogP contribution is -2.20. The van der Waals surface area contributed by atoms with Gasteiger partial charge in [-0.2, -0.15) is 0 Å². The van der Waals surface area contributed by atoms with Gasteiger partial charge in [0.1, 0.15) is 10.0 Å². The number of carbonyl (C=O) groups is 1. The van der Waals surface area contributed by atoms with Crippen LogP contribution >= 0.6 is 22.7 Å². The Morgan fingerprint density at radius 1 is 1.12 bits per heavy atom. The van der Waals surface area contributed by atoms with Gasteiger partial charge in [0.05, 0.1) is 28.8 Å². The van der Waals surface area contributed by atoms with Gasteiger partial charge in [0.2, 0.25) is 5.91 Å². The molecule has 3 heterocycles. The molecule has 0 atom stereocenters. The van der Waals surface area contributed by atoms with Crippen molar-refractivity contribution in [1.82, 2.24) is 9.97 Å². The average Bonchev–Trinajstić information content (AvgIpc) is 3.33. The van der Waals surface area contributed by atoms with Gasteiger partial charge in [-0.15, -0.1) is 22.7 Å². The van der Waals surface area contributed by atoms with E-state index in [0.29, 0.717) is 6.42 Å². The lowest BCUT2D eigenvalue weighted by Gasteiger charge is -2.09. The number of benzene rings is 2. The van der Waals surface area contributed by atoms with E-state index in [0.717, 1.165) is 44.5 Å². The number of fused-ring (bicyclic) bond motifs is 2. The number of nitrogens with zero attached hydrogens (tertiary/aromatic N) is 3. The number of hydrogen-bond donors (Lipinski definition) is 0. The maximum Gasteiger partial charge on any atom is 0.231 e. The van der Waals surface area contributed by atoms with Crippen LogP contribution in [0, 0.1) is 0 Å². The Morgan fingerprint density at radius 2 is 2.00 bits per heavy atom. The Bertz CT molecular complexity index is 1110. The third kappa shape index (κ3) is 2.62. The van der Waals surface area contributed by atoms with Gasteiger partial charge in [0, 0.05) is 23.7 Å². The molecular formula is C20H15N3OS2. The minimum Gasteiger partial charge on any atom is -0.315 e. The summed E-state index contributed by atoms with van der Waals surface area (Å²) < 4.78 is 1.21. The Labute approximate surface area is 158 Å². The highest BCUT2D eigenvalue weighted by atomic mass is 32.1. The normalized spacial score (nSPS) is 13.6. The summed E-state index contributed by atoms with van der Waals surface area (Å²) in [7, 11) is 1.83. The summed E-state index contributed by atoms with van der Waals surface area (Å²) in [4.78, 5) is 23.1. The molecule has 0 fully saturated rings. The largest absolute Gasteiger partial charge is 0.315 e. The van der Waals surface area contributed by atoms with Crippen LogP contribution in [0.15, 0.2) is 47.8 Å². The maximum absolute atomic E-state index is 11.9. The van der Waals surface area contributed by atoms with Crippen LogP contribution in [0.25, 0.3) is 21.5 Å². The molecule has 2 aromatic heterocycles. The molecular weight excluding hydrogens is 362 g/mol. The van der Waals surface area contributed by atoms with Gasteiger partial charge in [0.25, 0.3) is 0 Å². The third-order valence-electron chi connectivity index (χ3n) is 4.64. The number of likely N-dealkylation sites (N-methyl/N-ethyl adjacent to an activating group) is 1. The molecule has 2 aromatic carbocycles. The molecule has 0 spiro atoms. The zero-order valence-electron chi connectivity index (χ0n) is 14.1. The first-order valence-electron chi connectivity index (χ1n) is 8.36. The highest BCUT2D eigenvalue weighted by Crippen LogP contribution is 2.33. The van der Waals surface area contributed by atoms with Crippen molar-refractivity contribution < 1.29 is 4.79 Å². The van der Waals surface area contributed by atoms with E-state index in [1.54, 1.807) is 27.6 Å². The number of rotatable bonds is 3. The molecule has 0 unspecified atom stereocenters. The van der Waals surface area contributed by atoms with Gasteiger partial charge >= 0.3 is 0 Å². The second-order valence-electron chi connectivity index (χ2n) is 6.35. The molecule has 0 saturated heterocycles. The fourth-order valence-corrected chi connectivity index (χ4v) is 5.15. The van der Waals surface area contributed by atoms with Crippen molar-refractivity contribution in [3.05, 3.63) is 63.4 Å². The van der Waals surface area contributed by atoms with E-state index in [1.807, 2.05) is 37.4 Å². The van der Waals surface area contributed by atoms with Crippen LogP contribution in [-0.2, 0) is 17.6 Å². The average molecular weight is 377 g/mol. The lowest BCUT2D eigenvalue weighted by atomic mass is 10.1. The second kappa shape index (κ2) is 6.00. The number of amides is 1. The van der Waals surface area contributed by atoms with Crippen molar-refractivity contribution in [2.75, 3.05) is 11.9 Å². The standard InChI is InChI=1S/C20H15N3OS2/c1-23-16-7-6-12(8-13(16)9-20(23)24)15-11-25-18(22-15)10-19-21-14-4-2-3-5-17(14)26-19/h2-8,11H,9-10H2,1H3. The number of hydrogen-bond acceptors (Lipinski definition) is 5. The van der Waals surface area contributed by atoms with Gasteiger partial charge < -0.3 is 4.90 Å². The molecule has 26 heavy (non-hydrogen) atoms. The molecule has 6 heteroatoms. The summed E-state index contributed by atoms with van der Waals surface area (Å²) in [5, 5.41) is 4.24. The summed E-state index contributed by atoms with van der Waals surface area (Å²) in [6, 6.07) is 14.4. The summed E-state index contributed by atoms with van der Waals surface area (Å²) in [5.41, 5.74) is 5.17. The van der Waals surface area contributed by atoms with E-state index < -0.39 is 0 Å². The number of aromatic nitrogens is 2. The monoisotopic (exact) mass is 377 g/mol. The zero-order chi connectivity index (χ0) is 17.7. The minimum atomic E-state index is 0.145. The van der Waals surface area contributed by atoms with Crippen LogP contribution < -0.4 is 4.90 Å². The summed E-state index contributed by atoms with van der Waals surface area (Å²) >= 11 is 3.39. The molecule has 4 nitrogen and oxygen atoms in total. The third-order valence-corrected chi connectivity index (χ3v) is 6.53. The highest BCUT2D eigenvalue weighted by molar-refractivity contribution is 7.18. The highest BCUT2D eigenvalue weighted by Gasteiger charge is 2.24. The van der Waals surface area contributed by atoms with Gasteiger partial charge in [-0.05, 0) is 29.8 Å². The minimum absolute atomic E-state index is 0.145. The lowest BCUT2D eigenvalue weighted by molar-refractivity contribution is -0.117. The quantitative estimate of drug-likeness (QED) is 0.527. The van der Waals surface area contributed by atoms with E-state index in [1.165, 1.54) is 4.70 Å². The Hall–Kier alpha value is -2.57. The number of para-hydroxylation sites is 1. The van der Waals surface area contributed by atoms with E-state index in [-0.39, 0.29) is 5.91 Å². The van der Waals surface area contributed by atoms with Crippen LogP contribution in [-0.4, -0.2) is 22.9 Å². The number of anilines is 1. The molecule has 4 aromatic rings. The molecule has 0 bridgehead atoms.